The number of ether oxygens (including phenoxy) is 1. The summed E-state index contributed by atoms with van der Waals surface area (Å²) in [5, 5.41) is 8.74. The first-order valence-corrected chi connectivity index (χ1v) is 6.59. The summed E-state index contributed by atoms with van der Waals surface area (Å²) >= 11 is 4.12. The topological polar surface area (TPSA) is 72.5 Å². The third kappa shape index (κ3) is 5.42. The molecule has 4 nitrogen and oxygen atoms in total. The minimum absolute atomic E-state index is 0.156. The van der Waals surface area contributed by atoms with E-state index in [1.807, 2.05) is 0 Å². The fraction of sp³-hybridized carbons (Fsp3) is 0.462. The van der Waals surface area contributed by atoms with Crippen LogP contribution in [0.5, 0.6) is 5.75 Å². The van der Waals surface area contributed by atoms with Crippen LogP contribution in [0.3, 0.4) is 0 Å². The molecule has 1 aromatic carbocycles. The van der Waals surface area contributed by atoms with Crippen LogP contribution in [-0.4, -0.2) is 29.5 Å². The first kappa shape index (κ1) is 14.9. The van der Waals surface area contributed by atoms with Gasteiger partial charge in [-0.1, -0.05) is 0 Å². The third-order valence-corrected chi connectivity index (χ3v) is 3.04. The summed E-state index contributed by atoms with van der Waals surface area (Å²) in [5.74, 6) is 0.470. The molecular formula is C13H19NO3S. The summed E-state index contributed by atoms with van der Waals surface area (Å²) in [6.07, 6.45) is 2.89. The maximum absolute atomic E-state index is 10.6. The zero-order valence-corrected chi connectivity index (χ0v) is 11.1. The second-order valence-corrected chi connectivity index (χ2v) is 4.48. The van der Waals surface area contributed by atoms with Gasteiger partial charge in [-0.15, -0.1) is 0 Å². The summed E-state index contributed by atoms with van der Waals surface area (Å²) in [5.41, 5.74) is 6.00. The van der Waals surface area contributed by atoms with Crippen LogP contribution >= 0.6 is 12.6 Å². The van der Waals surface area contributed by atoms with Crippen LogP contribution in [0.1, 0.15) is 29.6 Å². The number of thiol groups is 1. The van der Waals surface area contributed by atoms with Gasteiger partial charge in [0, 0.05) is 11.8 Å². The zero-order valence-electron chi connectivity index (χ0n) is 10.2. The quantitative estimate of drug-likeness (QED) is 0.499. The van der Waals surface area contributed by atoms with Gasteiger partial charge in [-0.05, 0) is 43.5 Å². The Bertz CT molecular complexity index is 367. The van der Waals surface area contributed by atoms with Crippen molar-refractivity contribution in [3.63, 3.8) is 0 Å². The molecule has 0 spiro atoms. The van der Waals surface area contributed by atoms with Crippen molar-refractivity contribution in [3.8, 4) is 5.75 Å². The summed E-state index contributed by atoms with van der Waals surface area (Å²) in [7, 11) is 0. The van der Waals surface area contributed by atoms with Crippen molar-refractivity contribution in [2.45, 2.75) is 25.3 Å². The van der Waals surface area contributed by atoms with Gasteiger partial charge in [0.25, 0.3) is 0 Å². The Labute approximate surface area is 113 Å². The van der Waals surface area contributed by atoms with E-state index in [0.29, 0.717) is 18.1 Å². The molecule has 0 aliphatic heterocycles. The Morgan fingerprint density at radius 3 is 2.56 bits per heavy atom. The lowest BCUT2D eigenvalue weighted by Gasteiger charge is -2.09. The van der Waals surface area contributed by atoms with Gasteiger partial charge in [-0.25, -0.2) is 4.79 Å². The molecule has 0 amide bonds. The van der Waals surface area contributed by atoms with Gasteiger partial charge in [0.15, 0.2) is 0 Å². The largest absolute Gasteiger partial charge is 0.494 e. The number of hydrogen-bond acceptors (Lipinski definition) is 4. The molecular weight excluding hydrogens is 250 g/mol. The molecule has 0 saturated heterocycles. The van der Waals surface area contributed by atoms with Gasteiger partial charge in [0.1, 0.15) is 5.75 Å². The van der Waals surface area contributed by atoms with Crippen LogP contribution in [0.4, 0.5) is 0 Å². The summed E-state index contributed by atoms with van der Waals surface area (Å²) in [6.45, 7) is 0.617. The highest BCUT2D eigenvalue weighted by atomic mass is 32.1. The highest BCUT2D eigenvalue weighted by molar-refractivity contribution is 7.80. The average molecular weight is 269 g/mol. The fourth-order valence-corrected chi connectivity index (χ4v) is 1.67. The number of hydrogen-bond donors (Lipinski definition) is 3. The lowest BCUT2D eigenvalue weighted by atomic mass is 10.1. The van der Waals surface area contributed by atoms with E-state index in [4.69, 9.17) is 15.6 Å². The Morgan fingerprint density at radius 1 is 1.33 bits per heavy atom. The fourth-order valence-electron chi connectivity index (χ4n) is 1.48. The Balaban J connectivity index is 2.21. The van der Waals surface area contributed by atoms with E-state index in [1.54, 1.807) is 12.1 Å². The van der Waals surface area contributed by atoms with Gasteiger partial charge in [0.05, 0.1) is 12.2 Å². The second kappa shape index (κ2) is 8.00. The predicted octanol–water partition coefficient (Wildman–Crippen LogP) is 2.19. The zero-order chi connectivity index (χ0) is 13.4. The highest BCUT2D eigenvalue weighted by Gasteiger charge is 2.02. The molecule has 0 fully saturated rings. The van der Waals surface area contributed by atoms with E-state index >= 15 is 0 Å². The summed E-state index contributed by atoms with van der Waals surface area (Å²) < 4.78 is 5.50. The molecule has 5 heteroatoms. The first-order chi connectivity index (χ1) is 8.63. The van der Waals surface area contributed by atoms with Gasteiger partial charge in [-0.3, -0.25) is 0 Å². The van der Waals surface area contributed by atoms with Crippen LogP contribution in [0.2, 0.25) is 0 Å². The molecule has 1 rings (SSSR count). The SMILES string of the molecule is N[C@H](CS)CCCCOc1ccc(C(=O)O)cc1. The monoisotopic (exact) mass is 269 g/mol. The minimum atomic E-state index is -0.928. The van der Waals surface area contributed by atoms with Crippen LogP contribution in [0.15, 0.2) is 24.3 Å². The van der Waals surface area contributed by atoms with E-state index in [1.165, 1.54) is 12.1 Å². The Hall–Kier alpha value is -1.20. The van der Waals surface area contributed by atoms with Crippen molar-refractivity contribution < 1.29 is 14.6 Å². The number of nitrogens with two attached hydrogens (primary N) is 1. The number of unbranched alkanes of at least 4 members (excludes halogenated alkanes) is 1. The summed E-state index contributed by atoms with van der Waals surface area (Å²) in [6, 6.07) is 6.57. The van der Waals surface area contributed by atoms with Gasteiger partial charge in [-0.2, -0.15) is 12.6 Å². The Morgan fingerprint density at radius 2 is 2.00 bits per heavy atom. The summed E-state index contributed by atoms with van der Waals surface area (Å²) in [4.78, 5) is 10.6. The molecule has 1 aromatic rings. The minimum Gasteiger partial charge on any atom is -0.494 e. The van der Waals surface area contributed by atoms with E-state index in [2.05, 4.69) is 12.6 Å². The van der Waals surface area contributed by atoms with Crippen molar-refractivity contribution in [2.75, 3.05) is 12.4 Å². The van der Waals surface area contributed by atoms with E-state index in [0.717, 1.165) is 19.3 Å². The maximum Gasteiger partial charge on any atom is 0.335 e. The van der Waals surface area contributed by atoms with Crippen molar-refractivity contribution in [3.05, 3.63) is 29.8 Å². The number of carbonyl (C=O) groups is 1. The molecule has 0 radical (unpaired) electrons. The molecule has 0 aromatic heterocycles. The van der Waals surface area contributed by atoms with Gasteiger partial charge in [0.2, 0.25) is 0 Å². The number of rotatable bonds is 8. The number of benzene rings is 1. The van der Waals surface area contributed by atoms with Crippen molar-refractivity contribution >= 4 is 18.6 Å². The molecule has 0 saturated carbocycles. The van der Waals surface area contributed by atoms with Crippen LogP contribution < -0.4 is 10.5 Å². The molecule has 3 N–H and O–H groups in total. The highest BCUT2D eigenvalue weighted by Crippen LogP contribution is 2.13. The second-order valence-electron chi connectivity index (χ2n) is 4.12. The smallest absolute Gasteiger partial charge is 0.335 e. The third-order valence-electron chi connectivity index (χ3n) is 2.57. The lowest BCUT2D eigenvalue weighted by molar-refractivity contribution is 0.0697. The molecule has 18 heavy (non-hydrogen) atoms. The predicted molar refractivity (Wildman–Crippen MR) is 74.6 cm³/mol. The molecule has 0 aliphatic carbocycles. The standard InChI is InChI=1S/C13H19NO3S/c14-11(9-18)3-1-2-8-17-12-6-4-10(5-7-12)13(15)16/h4-7,11,18H,1-3,8-9,14H2,(H,15,16)/t11-/m0/s1. The van der Waals surface area contributed by atoms with Crippen molar-refractivity contribution in [1.82, 2.24) is 0 Å². The van der Waals surface area contributed by atoms with Crippen LogP contribution in [0.25, 0.3) is 0 Å². The van der Waals surface area contributed by atoms with E-state index in [9.17, 15) is 4.79 Å². The van der Waals surface area contributed by atoms with E-state index in [-0.39, 0.29) is 11.6 Å². The number of aromatic carboxylic acids is 1. The molecule has 0 heterocycles. The molecule has 100 valence electrons. The molecule has 1 atom stereocenters. The number of carboxylic acids is 1. The molecule has 0 bridgehead atoms. The Kier molecular flexibility index (Phi) is 6.60. The number of carboxylic acid groups (broad SMARTS) is 1. The van der Waals surface area contributed by atoms with Crippen LogP contribution in [-0.2, 0) is 0 Å². The van der Waals surface area contributed by atoms with Crippen molar-refractivity contribution in [2.24, 2.45) is 5.73 Å². The average Bonchev–Trinajstić information content (AvgIpc) is 2.38. The van der Waals surface area contributed by atoms with E-state index < -0.39 is 5.97 Å². The van der Waals surface area contributed by atoms with Crippen LogP contribution in [0, 0.1) is 0 Å². The first-order valence-electron chi connectivity index (χ1n) is 5.96. The maximum atomic E-state index is 10.6. The molecule has 0 unspecified atom stereocenters. The lowest BCUT2D eigenvalue weighted by Crippen LogP contribution is -2.21. The van der Waals surface area contributed by atoms with Crippen molar-refractivity contribution in [1.29, 1.82) is 0 Å². The molecule has 0 aliphatic rings. The normalized spacial score (nSPS) is 12.1. The van der Waals surface area contributed by atoms with Gasteiger partial charge >= 0.3 is 5.97 Å². The van der Waals surface area contributed by atoms with Gasteiger partial charge < -0.3 is 15.6 Å².